The van der Waals surface area contributed by atoms with E-state index in [0.717, 1.165) is 16.7 Å². The van der Waals surface area contributed by atoms with Crippen LogP contribution in [-0.2, 0) is 6.54 Å². The number of azo groups is 1. The Morgan fingerprint density at radius 2 is 1.86 bits per heavy atom. The van der Waals surface area contributed by atoms with Crippen molar-refractivity contribution in [2.24, 2.45) is 10.2 Å². The normalized spacial score (nSPS) is 11.2. The minimum Gasteiger partial charge on any atom is -0.478 e. The molecule has 0 aliphatic rings. The highest BCUT2D eigenvalue weighted by Gasteiger charge is 2.02. The van der Waals surface area contributed by atoms with Crippen molar-refractivity contribution >= 4 is 22.6 Å². The van der Waals surface area contributed by atoms with E-state index in [9.17, 15) is 4.79 Å². The monoisotopic (exact) mass is 280 g/mol. The van der Waals surface area contributed by atoms with Gasteiger partial charge in [0.05, 0.1) is 11.3 Å². The Bertz CT molecular complexity index is 771. The minimum atomic E-state index is -0.958. The zero-order valence-electron chi connectivity index (χ0n) is 11.1. The zero-order chi connectivity index (χ0) is 14.7. The van der Waals surface area contributed by atoms with E-state index in [4.69, 9.17) is 9.52 Å². The van der Waals surface area contributed by atoms with Gasteiger partial charge in [0.25, 0.3) is 0 Å². The molecular formula is C16H12N2O3. The fourth-order valence-electron chi connectivity index (χ4n) is 1.97. The first-order chi connectivity index (χ1) is 10.2. The molecule has 5 heteroatoms. The lowest BCUT2D eigenvalue weighted by Crippen LogP contribution is -1.93. The summed E-state index contributed by atoms with van der Waals surface area (Å²) in [6, 6.07) is 15.9. The van der Waals surface area contributed by atoms with E-state index in [1.54, 1.807) is 12.1 Å². The van der Waals surface area contributed by atoms with Gasteiger partial charge >= 0.3 is 5.97 Å². The molecule has 3 rings (SSSR count). The van der Waals surface area contributed by atoms with Crippen LogP contribution in [0.4, 0.5) is 5.69 Å². The summed E-state index contributed by atoms with van der Waals surface area (Å²) in [5.41, 5.74) is 1.66. The van der Waals surface area contributed by atoms with Crippen LogP contribution in [0.3, 0.4) is 0 Å². The largest absolute Gasteiger partial charge is 0.478 e. The van der Waals surface area contributed by atoms with Crippen molar-refractivity contribution in [2.45, 2.75) is 6.54 Å². The molecule has 0 radical (unpaired) electrons. The van der Waals surface area contributed by atoms with Crippen molar-refractivity contribution in [3.05, 3.63) is 65.9 Å². The lowest BCUT2D eigenvalue weighted by Gasteiger charge is -1.94. The Kier molecular flexibility index (Phi) is 3.47. The van der Waals surface area contributed by atoms with Gasteiger partial charge in [-0.15, -0.1) is 0 Å². The van der Waals surface area contributed by atoms with Crippen LogP contribution in [0.15, 0.2) is 69.2 Å². The van der Waals surface area contributed by atoms with Gasteiger partial charge in [-0.2, -0.15) is 10.2 Å². The highest BCUT2D eigenvalue weighted by atomic mass is 16.4. The van der Waals surface area contributed by atoms with Gasteiger partial charge in [0.2, 0.25) is 0 Å². The van der Waals surface area contributed by atoms with E-state index in [2.05, 4.69) is 10.2 Å². The molecule has 5 nitrogen and oxygen atoms in total. The Labute approximate surface area is 120 Å². The standard InChI is InChI=1S/C16H12N2O3/c19-16(20)11-5-7-13(8-6-11)18-17-10-14-9-12-3-1-2-4-15(12)21-14/h1-9H,10H2,(H,19,20). The smallest absolute Gasteiger partial charge is 0.335 e. The molecule has 0 unspecified atom stereocenters. The second kappa shape index (κ2) is 5.58. The summed E-state index contributed by atoms with van der Waals surface area (Å²) < 4.78 is 5.63. The predicted octanol–water partition coefficient (Wildman–Crippen LogP) is 4.41. The van der Waals surface area contributed by atoms with Gasteiger partial charge in [-0.05, 0) is 36.4 Å². The van der Waals surface area contributed by atoms with E-state index in [0.29, 0.717) is 12.2 Å². The van der Waals surface area contributed by atoms with E-state index < -0.39 is 5.97 Å². The maximum atomic E-state index is 10.7. The molecule has 104 valence electrons. The number of hydrogen-bond acceptors (Lipinski definition) is 4. The third-order valence-corrected chi connectivity index (χ3v) is 3.00. The number of nitrogens with zero attached hydrogens (tertiary/aromatic N) is 2. The Hall–Kier alpha value is -2.95. The van der Waals surface area contributed by atoms with Crippen molar-refractivity contribution in [1.82, 2.24) is 0 Å². The molecule has 0 saturated heterocycles. The van der Waals surface area contributed by atoms with Crippen LogP contribution in [-0.4, -0.2) is 11.1 Å². The summed E-state index contributed by atoms with van der Waals surface area (Å²) >= 11 is 0. The van der Waals surface area contributed by atoms with Crippen molar-refractivity contribution in [2.75, 3.05) is 0 Å². The van der Waals surface area contributed by atoms with Crippen LogP contribution in [0.2, 0.25) is 0 Å². The number of carbonyl (C=O) groups is 1. The van der Waals surface area contributed by atoms with Crippen molar-refractivity contribution in [3.63, 3.8) is 0 Å². The molecule has 2 aromatic carbocycles. The second-order valence-electron chi connectivity index (χ2n) is 4.50. The number of furan rings is 1. The van der Waals surface area contributed by atoms with Crippen LogP contribution in [0.25, 0.3) is 11.0 Å². The number of benzene rings is 2. The number of rotatable bonds is 4. The van der Waals surface area contributed by atoms with E-state index in [1.165, 1.54) is 12.1 Å². The van der Waals surface area contributed by atoms with Gasteiger partial charge < -0.3 is 9.52 Å². The molecular weight excluding hydrogens is 268 g/mol. The van der Waals surface area contributed by atoms with Crippen LogP contribution < -0.4 is 0 Å². The molecule has 0 fully saturated rings. The molecule has 1 heterocycles. The fraction of sp³-hybridized carbons (Fsp3) is 0.0625. The highest BCUT2D eigenvalue weighted by Crippen LogP contribution is 2.20. The second-order valence-corrected chi connectivity index (χ2v) is 4.50. The lowest BCUT2D eigenvalue weighted by atomic mass is 10.2. The number of carboxylic acid groups (broad SMARTS) is 1. The van der Waals surface area contributed by atoms with Crippen LogP contribution in [0, 0.1) is 0 Å². The third kappa shape index (κ3) is 2.97. The minimum absolute atomic E-state index is 0.228. The van der Waals surface area contributed by atoms with Gasteiger partial charge in [0.15, 0.2) is 0 Å². The molecule has 0 aliphatic heterocycles. The van der Waals surface area contributed by atoms with Gasteiger partial charge in [0, 0.05) is 5.39 Å². The molecule has 0 spiro atoms. The van der Waals surface area contributed by atoms with Gasteiger partial charge in [-0.3, -0.25) is 0 Å². The summed E-state index contributed by atoms with van der Waals surface area (Å²) in [4.78, 5) is 10.7. The highest BCUT2D eigenvalue weighted by molar-refractivity contribution is 5.87. The Morgan fingerprint density at radius 1 is 1.10 bits per heavy atom. The fourth-order valence-corrected chi connectivity index (χ4v) is 1.97. The summed E-state index contributed by atoms with van der Waals surface area (Å²) in [5.74, 6) is -0.220. The van der Waals surface area contributed by atoms with Gasteiger partial charge in [0.1, 0.15) is 17.9 Å². The zero-order valence-corrected chi connectivity index (χ0v) is 11.1. The summed E-state index contributed by atoms with van der Waals surface area (Å²) in [7, 11) is 0. The van der Waals surface area contributed by atoms with Gasteiger partial charge in [-0.25, -0.2) is 4.79 Å². The molecule has 3 aromatic rings. The quantitative estimate of drug-likeness (QED) is 0.719. The maximum absolute atomic E-state index is 10.7. The lowest BCUT2D eigenvalue weighted by molar-refractivity contribution is 0.0697. The Balaban J connectivity index is 1.70. The molecule has 0 aliphatic carbocycles. The molecule has 0 atom stereocenters. The predicted molar refractivity (Wildman–Crippen MR) is 77.8 cm³/mol. The number of fused-ring (bicyclic) bond motifs is 1. The number of aromatic carboxylic acids is 1. The molecule has 0 saturated carbocycles. The van der Waals surface area contributed by atoms with E-state index >= 15 is 0 Å². The topological polar surface area (TPSA) is 75.2 Å². The number of carboxylic acids is 1. The summed E-state index contributed by atoms with van der Waals surface area (Å²) in [6.45, 7) is 0.343. The van der Waals surface area contributed by atoms with Crippen LogP contribution in [0.5, 0.6) is 0 Å². The van der Waals surface area contributed by atoms with Crippen LogP contribution >= 0.6 is 0 Å². The molecule has 21 heavy (non-hydrogen) atoms. The first-order valence-corrected chi connectivity index (χ1v) is 6.41. The van der Waals surface area contributed by atoms with Crippen molar-refractivity contribution in [3.8, 4) is 0 Å². The number of para-hydroxylation sites is 1. The van der Waals surface area contributed by atoms with Gasteiger partial charge in [-0.1, -0.05) is 18.2 Å². The van der Waals surface area contributed by atoms with Crippen LogP contribution in [0.1, 0.15) is 16.1 Å². The average Bonchev–Trinajstić information content (AvgIpc) is 2.90. The molecule has 1 N–H and O–H groups in total. The first-order valence-electron chi connectivity index (χ1n) is 6.41. The van der Waals surface area contributed by atoms with E-state index in [1.807, 2.05) is 30.3 Å². The molecule has 1 aromatic heterocycles. The first kappa shape index (κ1) is 13.1. The SMILES string of the molecule is O=C(O)c1ccc(N=NCc2cc3ccccc3o2)cc1. The summed E-state index contributed by atoms with van der Waals surface area (Å²) in [5, 5.41) is 17.9. The maximum Gasteiger partial charge on any atom is 0.335 e. The number of hydrogen-bond donors (Lipinski definition) is 1. The third-order valence-electron chi connectivity index (χ3n) is 3.00. The molecule has 0 bridgehead atoms. The van der Waals surface area contributed by atoms with Crippen molar-refractivity contribution < 1.29 is 14.3 Å². The molecule has 0 amide bonds. The van der Waals surface area contributed by atoms with Crippen molar-refractivity contribution in [1.29, 1.82) is 0 Å². The Morgan fingerprint density at radius 3 is 2.57 bits per heavy atom. The van der Waals surface area contributed by atoms with E-state index in [-0.39, 0.29) is 5.56 Å². The average molecular weight is 280 g/mol. The summed E-state index contributed by atoms with van der Waals surface area (Å²) in [6.07, 6.45) is 0.